The van der Waals surface area contributed by atoms with Gasteiger partial charge < -0.3 is 14.9 Å². The van der Waals surface area contributed by atoms with Crippen LogP contribution in [-0.2, 0) is 14.8 Å². The van der Waals surface area contributed by atoms with Gasteiger partial charge in [0.2, 0.25) is 10.0 Å². The predicted molar refractivity (Wildman–Crippen MR) is 76.1 cm³/mol. The van der Waals surface area contributed by atoms with E-state index in [9.17, 15) is 18.3 Å². The number of sulfonamides is 1. The van der Waals surface area contributed by atoms with Crippen LogP contribution in [0.2, 0.25) is 5.02 Å². The van der Waals surface area contributed by atoms with Gasteiger partial charge in [-0.05, 0) is 24.6 Å². The fourth-order valence-corrected chi connectivity index (χ4v) is 2.95. The smallest absolute Gasteiger partial charge is 0.337 e. The van der Waals surface area contributed by atoms with Crippen LogP contribution >= 0.6 is 11.6 Å². The van der Waals surface area contributed by atoms with Gasteiger partial charge in [-0.2, -0.15) is 0 Å². The summed E-state index contributed by atoms with van der Waals surface area (Å²) in [6, 6.07) is 3.35. The molecule has 21 heavy (non-hydrogen) atoms. The van der Waals surface area contributed by atoms with Crippen molar-refractivity contribution in [1.29, 1.82) is 0 Å². The van der Waals surface area contributed by atoms with Gasteiger partial charge in [-0.15, -0.1) is 0 Å². The number of benzene rings is 1. The molecule has 9 heteroatoms. The Morgan fingerprint density at radius 1 is 1.48 bits per heavy atom. The van der Waals surface area contributed by atoms with Gasteiger partial charge in [0.25, 0.3) is 0 Å². The van der Waals surface area contributed by atoms with E-state index in [1.807, 2.05) is 0 Å². The van der Waals surface area contributed by atoms with Gasteiger partial charge in [0.05, 0.1) is 28.2 Å². The van der Waals surface area contributed by atoms with Gasteiger partial charge in [-0.25, -0.2) is 17.9 Å². The highest BCUT2D eigenvalue weighted by Crippen LogP contribution is 2.20. The number of aromatic carboxylic acids is 1. The van der Waals surface area contributed by atoms with E-state index in [4.69, 9.17) is 21.4 Å². The number of rotatable bonds is 8. The van der Waals surface area contributed by atoms with Gasteiger partial charge >= 0.3 is 5.97 Å². The minimum absolute atomic E-state index is 0.0190. The standard InChI is InChI=1S/C12H16ClNO6S/c1-20-7-8(15)4-5-14-21(18,19)9-2-3-10(12(16)17)11(13)6-9/h2-3,6,8,14-15H,4-5,7H2,1H3,(H,16,17). The maximum absolute atomic E-state index is 12.0. The first kappa shape index (κ1) is 17.9. The van der Waals surface area contributed by atoms with E-state index in [1.54, 1.807) is 0 Å². The number of nitrogens with one attached hydrogen (secondary N) is 1. The second kappa shape index (κ2) is 7.71. The predicted octanol–water partition coefficient (Wildman–Crippen LogP) is 0.714. The Kier molecular flexibility index (Phi) is 6.56. The van der Waals surface area contributed by atoms with Crippen molar-refractivity contribution in [2.45, 2.75) is 17.4 Å². The second-order valence-corrected chi connectivity index (χ2v) is 6.42. The Morgan fingerprint density at radius 3 is 2.67 bits per heavy atom. The molecule has 0 heterocycles. The zero-order valence-corrected chi connectivity index (χ0v) is 12.8. The van der Waals surface area contributed by atoms with E-state index in [0.717, 1.165) is 18.2 Å². The number of hydrogen-bond acceptors (Lipinski definition) is 5. The number of aliphatic hydroxyl groups excluding tert-OH is 1. The molecule has 1 atom stereocenters. The van der Waals surface area contributed by atoms with Crippen molar-refractivity contribution >= 4 is 27.6 Å². The van der Waals surface area contributed by atoms with E-state index in [-0.39, 0.29) is 35.1 Å². The molecule has 118 valence electrons. The lowest BCUT2D eigenvalue weighted by molar-refractivity contribution is 0.0603. The summed E-state index contributed by atoms with van der Waals surface area (Å²) < 4.78 is 31.0. The van der Waals surface area contributed by atoms with Crippen LogP contribution in [0.1, 0.15) is 16.8 Å². The van der Waals surface area contributed by atoms with Crippen molar-refractivity contribution in [3.63, 3.8) is 0 Å². The number of hydrogen-bond donors (Lipinski definition) is 3. The summed E-state index contributed by atoms with van der Waals surface area (Å²) in [6.07, 6.45) is -0.579. The molecule has 1 rings (SSSR count). The summed E-state index contributed by atoms with van der Waals surface area (Å²) in [5.74, 6) is -1.24. The lowest BCUT2D eigenvalue weighted by Gasteiger charge is -2.11. The summed E-state index contributed by atoms with van der Waals surface area (Å²) in [5.41, 5.74) is -0.175. The number of carboxylic acids is 1. The normalized spacial score (nSPS) is 13.1. The molecule has 0 radical (unpaired) electrons. The Hall–Kier alpha value is -1.19. The molecule has 0 spiro atoms. The molecule has 0 aromatic heterocycles. The average Bonchev–Trinajstić information content (AvgIpc) is 2.38. The van der Waals surface area contributed by atoms with E-state index < -0.39 is 22.1 Å². The topological polar surface area (TPSA) is 113 Å². The van der Waals surface area contributed by atoms with Crippen LogP contribution < -0.4 is 4.72 Å². The number of carbonyl (C=O) groups is 1. The molecular weight excluding hydrogens is 322 g/mol. The zero-order valence-electron chi connectivity index (χ0n) is 11.2. The van der Waals surface area contributed by atoms with Crippen LogP contribution in [0.5, 0.6) is 0 Å². The number of methoxy groups -OCH3 is 1. The lowest BCUT2D eigenvalue weighted by Crippen LogP contribution is -2.28. The zero-order chi connectivity index (χ0) is 16.0. The Labute approximate surface area is 127 Å². The molecule has 0 fully saturated rings. The number of carboxylic acid groups (broad SMARTS) is 1. The van der Waals surface area contributed by atoms with Gasteiger partial charge in [0, 0.05) is 13.7 Å². The van der Waals surface area contributed by atoms with Crippen LogP contribution in [-0.4, -0.2) is 51.0 Å². The van der Waals surface area contributed by atoms with E-state index in [0.29, 0.717) is 0 Å². The molecular formula is C12H16ClNO6S. The monoisotopic (exact) mass is 337 g/mol. The Bertz CT molecular complexity index is 604. The van der Waals surface area contributed by atoms with Crippen LogP contribution in [0.25, 0.3) is 0 Å². The first-order valence-electron chi connectivity index (χ1n) is 5.97. The number of halogens is 1. The number of aliphatic hydroxyl groups is 1. The minimum atomic E-state index is -3.82. The molecule has 0 bridgehead atoms. The third-order valence-electron chi connectivity index (χ3n) is 2.61. The first-order valence-corrected chi connectivity index (χ1v) is 7.83. The molecule has 0 aliphatic rings. The van der Waals surface area contributed by atoms with Crippen LogP contribution in [0, 0.1) is 0 Å². The van der Waals surface area contributed by atoms with Crippen molar-refractivity contribution in [2.24, 2.45) is 0 Å². The molecule has 7 nitrogen and oxygen atoms in total. The van der Waals surface area contributed by atoms with Crippen molar-refractivity contribution in [2.75, 3.05) is 20.3 Å². The Balaban J connectivity index is 2.75. The maximum Gasteiger partial charge on any atom is 0.337 e. The number of ether oxygens (including phenoxy) is 1. The summed E-state index contributed by atoms with van der Waals surface area (Å²) in [4.78, 5) is 10.7. The van der Waals surface area contributed by atoms with Gasteiger partial charge in [0.1, 0.15) is 0 Å². The maximum atomic E-state index is 12.0. The third kappa shape index (κ3) is 5.25. The Morgan fingerprint density at radius 2 is 2.14 bits per heavy atom. The van der Waals surface area contributed by atoms with Crippen LogP contribution in [0.3, 0.4) is 0 Å². The molecule has 0 amide bonds. The lowest BCUT2D eigenvalue weighted by atomic mass is 10.2. The molecule has 1 aromatic carbocycles. The van der Waals surface area contributed by atoms with Crippen LogP contribution in [0.15, 0.2) is 23.1 Å². The molecule has 1 aromatic rings. The van der Waals surface area contributed by atoms with Crippen molar-refractivity contribution < 1.29 is 28.2 Å². The average molecular weight is 338 g/mol. The van der Waals surface area contributed by atoms with E-state index in [1.165, 1.54) is 7.11 Å². The highest BCUT2D eigenvalue weighted by Gasteiger charge is 2.17. The highest BCUT2D eigenvalue weighted by atomic mass is 35.5. The van der Waals surface area contributed by atoms with Crippen molar-refractivity contribution in [3.05, 3.63) is 28.8 Å². The van der Waals surface area contributed by atoms with E-state index in [2.05, 4.69) is 4.72 Å². The summed E-state index contributed by atoms with van der Waals surface area (Å²) in [6.45, 7) is 0.131. The molecule has 1 unspecified atom stereocenters. The summed E-state index contributed by atoms with van der Waals surface area (Å²) in [5, 5.41) is 18.1. The van der Waals surface area contributed by atoms with Gasteiger partial charge in [0.15, 0.2) is 0 Å². The highest BCUT2D eigenvalue weighted by molar-refractivity contribution is 7.89. The molecule has 0 saturated heterocycles. The quantitative estimate of drug-likeness (QED) is 0.644. The van der Waals surface area contributed by atoms with Crippen molar-refractivity contribution in [3.8, 4) is 0 Å². The fourth-order valence-electron chi connectivity index (χ4n) is 1.56. The summed E-state index contributed by atoms with van der Waals surface area (Å²) in [7, 11) is -2.39. The second-order valence-electron chi connectivity index (χ2n) is 4.24. The van der Waals surface area contributed by atoms with E-state index >= 15 is 0 Å². The summed E-state index contributed by atoms with van der Waals surface area (Å²) >= 11 is 5.73. The first-order chi connectivity index (χ1) is 9.77. The molecule has 0 aliphatic carbocycles. The SMILES string of the molecule is COCC(O)CCNS(=O)(=O)c1ccc(C(=O)O)c(Cl)c1. The minimum Gasteiger partial charge on any atom is -0.478 e. The van der Waals surface area contributed by atoms with Gasteiger partial charge in [-0.3, -0.25) is 0 Å². The fraction of sp³-hybridized carbons (Fsp3) is 0.417. The van der Waals surface area contributed by atoms with Crippen molar-refractivity contribution in [1.82, 2.24) is 4.72 Å². The largest absolute Gasteiger partial charge is 0.478 e. The molecule has 0 saturated carbocycles. The molecule has 0 aliphatic heterocycles. The third-order valence-corrected chi connectivity index (χ3v) is 4.38. The van der Waals surface area contributed by atoms with Crippen LogP contribution in [0.4, 0.5) is 0 Å². The van der Waals surface area contributed by atoms with Gasteiger partial charge in [-0.1, -0.05) is 11.6 Å². The molecule has 3 N–H and O–H groups in total.